The Labute approximate surface area is 123 Å². The molecule has 1 atom stereocenters. The van der Waals surface area contributed by atoms with Crippen LogP contribution in [0.2, 0.25) is 0 Å². The Bertz CT molecular complexity index is 627. The third-order valence-electron chi connectivity index (χ3n) is 3.18. The molecule has 0 aliphatic carbocycles. The molecule has 5 heteroatoms. The number of nitrogens with zero attached hydrogens (tertiary/aromatic N) is 1. The predicted octanol–water partition coefficient (Wildman–Crippen LogP) is 2.51. The summed E-state index contributed by atoms with van der Waals surface area (Å²) in [5, 5.41) is 9.47. The van der Waals surface area contributed by atoms with E-state index >= 15 is 0 Å². The van der Waals surface area contributed by atoms with Gasteiger partial charge in [-0.2, -0.15) is 0 Å². The minimum atomic E-state index is -0.918. The van der Waals surface area contributed by atoms with Crippen molar-refractivity contribution in [3.63, 3.8) is 0 Å². The van der Waals surface area contributed by atoms with Crippen LogP contribution in [0.15, 0.2) is 42.5 Å². The normalized spacial score (nSPS) is 11.7. The highest BCUT2D eigenvalue weighted by Crippen LogP contribution is 2.23. The van der Waals surface area contributed by atoms with E-state index < -0.39 is 11.9 Å². The van der Waals surface area contributed by atoms with E-state index in [9.17, 15) is 9.90 Å². The van der Waals surface area contributed by atoms with Crippen molar-refractivity contribution in [1.29, 1.82) is 0 Å². The molecule has 21 heavy (non-hydrogen) atoms. The van der Waals surface area contributed by atoms with E-state index in [1.54, 1.807) is 25.3 Å². The highest BCUT2D eigenvalue weighted by molar-refractivity contribution is 5.76. The lowest BCUT2D eigenvalue weighted by atomic mass is 9.95. The van der Waals surface area contributed by atoms with Crippen LogP contribution in [0.4, 0.5) is 0 Å². The zero-order chi connectivity index (χ0) is 15.2. The van der Waals surface area contributed by atoms with Crippen LogP contribution >= 0.6 is 0 Å². The molecule has 1 aromatic carbocycles. The molecule has 0 radical (unpaired) electrons. The molecule has 2 rings (SSSR count). The van der Waals surface area contributed by atoms with Crippen LogP contribution < -0.4 is 9.47 Å². The standard InChI is InChI=1S/C16H17NO4/c1-20-12-6-3-5-11(9-12)10-13(16(18)19)14-7-4-8-15(17-14)21-2/h3-9,13H,10H2,1-2H3,(H,18,19). The number of ether oxygens (including phenoxy) is 2. The van der Waals surface area contributed by atoms with Crippen LogP contribution in [0, 0.1) is 0 Å². The maximum absolute atomic E-state index is 11.5. The maximum atomic E-state index is 11.5. The highest BCUT2D eigenvalue weighted by atomic mass is 16.5. The van der Waals surface area contributed by atoms with Crippen LogP contribution in [0.3, 0.4) is 0 Å². The van der Waals surface area contributed by atoms with Gasteiger partial charge in [-0.15, -0.1) is 0 Å². The molecule has 0 fully saturated rings. The van der Waals surface area contributed by atoms with E-state index in [4.69, 9.17) is 9.47 Å². The minimum absolute atomic E-state index is 0.340. The van der Waals surface area contributed by atoms with E-state index in [1.807, 2.05) is 24.3 Å². The number of rotatable bonds is 6. The number of carboxylic acid groups (broad SMARTS) is 1. The summed E-state index contributed by atoms with van der Waals surface area (Å²) in [6.07, 6.45) is 0.340. The molecule has 2 aromatic rings. The number of hydrogen-bond acceptors (Lipinski definition) is 4. The quantitative estimate of drug-likeness (QED) is 0.884. The van der Waals surface area contributed by atoms with E-state index in [2.05, 4.69) is 4.98 Å². The number of carbonyl (C=O) groups is 1. The SMILES string of the molecule is COc1cccc(CC(C(=O)O)c2cccc(OC)n2)c1. The molecule has 110 valence electrons. The van der Waals surface area contributed by atoms with Gasteiger partial charge in [-0.1, -0.05) is 18.2 Å². The van der Waals surface area contributed by atoms with E-state index in [-0.39, 0.29) is 0 Å². The monoisotopic (exact) mass is 287 g/mol. The number of hydrogen-bond donors (Lipinski definition) is 1. The Morgan fingerprint density at radius 1 is 1.19 bits per heavy atom. The molecule has 0 spiro atoms. The zero-order valence-electron chi connectivity index (χ0n) is 11.9. The summed E-state index contributed by atoms with van der Waals surface area (Å²) in [5.41, 5.74) is 1.36. The summed E-state index contributed by atoms with van der Waals surface area (Å²) in [6.45, 7) is 0. The summed E-state index contributed by atoms with van der Waals surface area (Å²) in [6, 6.07) is 12.5. The molecular formula is C16H17NO4. The molecule has 5 nitrogen and oxygen atoms in total. The zero-order valence-corrected chi connectivity index (χ0v) is 11.9. The molecule has 0 amide bonds. The predicted molar refractivity (Wildman–Crippen MR) is 77.9 cm³/mol. The van der Waals surface area contributed by atoms with Crippen molar-refractivity contribution in [3.8, 4) is 11.6 Å². The lowest BCUT2D eigenvalue weighted by Gasteiger charge is -2.13. The Morgan fingerprint density at radius 3 is 2.62 bits per heavy atom. The first-order chi connectivity index (χ1) is 10.1. The number of carboxylic acids is 1. The molecule has 0 saturated carbocycles. The van der Waals surface area contributed by atoms with Crippen LogP contribution in [0.5, 0.6) is 11.6 Å². The first kappa shape index (κ1) is 14.8. The molecule has 1 N–H and O–H groups in total. The van der Waals surface area contributed by atoms with Crippen LogP contribution in [-0.2, 0) is 11.2 Å². The minimum Gasteiger partial charge on any atom is -0.497 e. The lowest BCUT2D eigenvalue weighted by molar-refractivity contribution is -0.138. The molecule has 0 aliphatic heterocycles. The first-order valence-electron chi connectivity index (χ1n) is 6.50. The Balaban J connectivity index is 2.28. The van der Waals surface area contributed by atoms with Gasteiger partial charge in [-0.25, -0.2) is 4.98 Å². The molecule has 1 unspecified atom stereocenters. The Kier molecular flexibility index (Phi) is 4.77. The fourth-order valence-corrected chi connectivity index (χ4v) is 2.09. The van der Waals surface area contributed by atoms with E-state index in [0.717, 1.165) is 5.56 Å². The van der Waals surface area contributed by atoms with E-state index in [0.29, 0.717) is 23.7 Å². The van der Waals surface area contributed by atoms with Crippen LogP contribution in [0.1, 0.15) is 17.2 Å². The van der Waals surface area contributed by atoms with Gasteiger partial charge in [0.05, 0.1) is 19.9 Å². The molecule has 1 aromatic heterocycles. The van der Waals surface area contributed by atoms with Gasteiger partial charge in [0.15, 0.2) is 0 Å². The number of aromatic nitrogens is 1. The van der Waals surface area contributed by atoms with Gasteiger partial charge in [-0.3, -0.25) is 4.79 Å². The van der Waals surface area contributed by atoms with Crippen molar-refractivity contribution in [1.82, 2.24) is 4.98 Å². The molecule has 0 saturated heterocycles. The fraction of sp³-hybridized carbons (Fsp3) is 0.250. The maximum Gasteiger partial charge on any atom is 0.312 e. The largest absolute Gasteiger partial charge is 0.497 e. The number of pyridine rings is 1. The number of aliphatic carboxylic acids is 1. The van der Waals surface area contributed by atoms with Gasteiger partial charge >= 0.3 is 5.97 Å². The smallest absolute Gasteiger partial charge is 0.312 e. The number of benzene rings is 1. The van der Waals surface area contributed by atoms with Gasteiger partial charge in [0.1, 0.15) is 11.7 Å². The molecule has 0 bridgehead atoms. The second-order valence-corrected chi connectivity index (χ2v) is 4.55. The van der Waals surface area contributed by atoms with Crippen molar-refractivity contribution >= 4 is 5.97 Å². The summed E-state index contributed by atoms with van der Waals surface area (Å²) in [5.74, 6) is -0.537. The lowest BCUT2D eigenvalue weighted by Crippen LogP contribution is -2.16. The summed E-state index contributed by atoms with van der Waals surface area (Å²) in [4.78, 5) is 15.8. The Hall–Kier alpha value is -2.56. The second-order valence-electron chi connectivity index (χ2n) is 4.55. The number of methoxy groups -OCH3 is 2. The van der Waals surface area contributed by atoms with Crippen molar-refractivity contribution in [3.05, 3.63) is 53.7 Å². The van der Waals surface area contributed by atoms with Gasteiger partial charge in [0.25, 0.3) is 0 Å². The van der Waals surface area contributed by atoms with E-state index in [1.165, 1.54) is 7.11 Å². The molecular weight excluding hydrogens is 270 g/mol. The highest BCUT2D eigenvalue weighted by Gasteiger charge is 2.22. The Morgan fingerprint density at radius 2 is 1.95 bits per heavy atom. The van der Waals surface area contributed by atoms with Gasteiger partial charge < -0.3 is 14.6 Å². The topological polar surface area (TPSA) is 68.7 Å². The molecule has 1 heterocycles. The summed E-state index contributed by atoms with van der Waals surface area (Å²) in [7, 11) is 3.08. The average molecular weight is 287 g/mol. The molecule has 0 aliphatic rings. The van der Waals surface area contributed by atoms with Crippen LogP contribution in [0.25, 0.3) is 0 Å². The van der Waals surface area contributed by atoms with Gasteiger partial charge in [-0.05, 0) is 30.2 Å². The van der Waals surface area contributed by atoms with Crippen molar-refractivity contribution in [2.75, 3.05) is 14.2 Å². The van der Waals surface area contributed by atoms with Crippen molar-refractivity contribution in [2.45, 2.75) is 12.3 Å². The average Bonchev–Trinajstić information content (AvgIpc) is 2.52. The second kappa shape index (κ2) is 6.74. The van der Waals surface area contributed by atoms with Crippen molar-refractivity contribution < 1.29 is 19.4 Å². The third-order valence-corrected chi connectivity index (χ3v) is 3.18. The fourth-order valence-electron chi connectivity index (χ4n) is 2.09. The summed E-state index contributed by atoms with van der Waals surface area (Å²) < 4.78 is 10.2. The summed E-state index contributed by atoms with van der Waals surface area (Å²) >= 11 is 0. The first-order valence-corrected chi connectivity index (χ1v) is 6.50. The van der Waals surface area contributed by atoms with Crippen LogP contribution in [-0.4, -0.2) is 30.3 Å². The van der Waals surface area contributed by atoms with Crippen molar-refractivity contribution in [2.24, 2.45) is 0 Å². The third kappa shape index (κ3) is 3.72. The van der Waals surface area contributed by atoms with Gasteiger partial charge in [0, 0.05) is 6.07 Å². The van der Waals surface area contributed by atoms with Gasteiger partial charge in [0.2, 0.25) is 5.88 Å².